The Bertz CT molecular complexity index is 1290. The predicted molar refractivity (Wildman–Crippen MR) is 147 cm³/mol. The zero-order valence-electron chi connectivity index (χ0n) is 24.2. The van der Waals surface area contributed by atoms with Crippen molar-refractivity contribution in [3.63, 3.8) is 0 Å². The third-order valence-corrected chi connectivity index (χ3v) is 10.6. The molecule has 1 atom stereocenters. The molecule has 0 spiro atoms. The minimum absolute atomic E-state index is 0.0804. The van der Waals surface area contributed by atoms with Crippen molar-refractivity contribution in [2.75, 3.05) is 0 Å². The molecule has 1 heterocycles. The van der Waals surface area contributed by atoms with Crippen LogP contribution in [0.25, 0.3) is 0 Å². The van der Waals surface area contributed by atoms with Crippen LogP contribution in [0, 0.1) is 32.1 Å². The van der Waals surface area contributed by atoms with Gasteiger partial charge in [-0.3, -0.25) is 4.79 Å². The number of carbonyl (C=O) groups is 1. The van der Waals surface area contributed by atoms with Crippen LogP contribution in [0.4, 0.5) is 0 Å². The molecule has 0 aliphatic carbocycles. The van der Waals surface area contributed by atoms with Gasteiger partial charge in [-0.05, 0) is 62.8 Å². The van der Waals surface area contributed by atoms with Gasteiger partial charge < -0.3 is 9.47 Å². The lowest BCUT2D eigenvalue weighted by molar-refractivity contribution is -0.148. The predicted octanol–water partition coefficient (Wildman–Crippen LogP) is 6.13. The van der Waals surface area contributed by atoms with Gasteiger partial charge in [0, 0.05) is 16.4 Å². The molecule has 0 bridgehead atoms. The summed E-state index contributed by atoms with van der Waals surface area (Å²) in [6, 6.07) is 8.31. The van der Waals surface area contributed by atoms with Gasteiger partial charge in [0.2, 0.25) is 10.0 Å². The number of hydrogen-bond donors (Lipinski definition) is 1. The van der Waals surface area contributed by atoms with Gasteiger partial charge in [-0.2, -0.15) is 4.72 Å². The Balaban J connectivity index is 2.06. The molecule has 2 aromatic rings. The van der Waals surface area contributed by atoms with Crippen LogP contribution in [0.1, 0.15) is 83.2 Å². The van der Waals surface area contributed by atoms with Crippen molar-refractivity contribution in [1.82, 2.24) is 4.72 Å². The number of nitrogens with one attached hydrogen (secondary N) is 1. The number of esters is 1. The Morgan fingerprint density at radius 1 is 0.946 bits per heavy atom. The molecule has 1 N–H and O–H groups in total. The van der Waals surface area contributed by atoms with Crippen LogP contribution in [-0.2, 0) is 31.6 Å². The molecule has 0 amide bonds. The van der Waals surface area contributed by atoms with E-state index in [1.165, 1.54) is 0 Å². The fraction of sp³-hybridized carbons (Fsp3) is 0.567. The third-order valence-electron chi connectivity index (χ3n) is 8.93. The molecular weight excluding hydrogens is 486 g/mol. The molecule has 3 rings (SSSR count). The zero-order chi connectivity index (χ0) is 28.1. The van der Waals surface area contributed by atoms with Gasteiger partial charge in [-0.1, -0.05) is 71.9 Å². The van der Waals surface area contributed by atoms with Gasteiger partial charge in [-0.25, -0.2) is 8.42 Å². The van der Waals surface area contributed by atoms with E-state index in [-0.39, 0.29) is 28.3 Å². The minimum atomic E-state index is -4.07. The summed E-state index contributed by atoms with van der Waals surface area (Å²) in [5.41, 5.74) is 2.66. The topological polar surface area (TPSA) is 81.7 Å². The number of carbonyl (C=O) groups excluding carboxylic acids is 1. The first-order valence-electron chi connectivity index (χ1n) is 12.9. The fourth-order valence-corrected chi connectivity index (χ4v) is 7.21. The largest absolute Gasteiger partial charge is 0.487 e. The average molecular weight is 530 g/mol. The number of sulfonamides is 1. The first-order valence-corrected chi connectivity index (χ1v) is 14.4. The van der Waals surface area contributed by atoms with Gasteiger partial charge >= 0.3 is 5.97 Å². The Hall–Kier alpha value is -2.38. The maximum absolute atomic E-state index is 13.9. The molecule has 0 unspecified atom stereocenters. The quantitative estimate of drug-likeness (QED) is 0.436. The number of rotatable bonds is 7. The number of benzene rings is 2. The SMILES string of the molecule is Cc1c(C)c(S(=O)(=O)N[C@H](C(=O)OCc2ccccc2)C(C)C)c(C)c2c1OC(C)(C)C(C)(C)C2(C)C. The lowest BCUT2D eigenvalue weighted by Crippen LogP contribution is -2.58. The summed E-state index contributed by atoms with van der Waals surface area (Å²) in [6.07, 6.45) is 0. The summed E-state index contributed by atoms with van der Waals surface area (Å²) >= 11 is 0. The van der Waals surface area contributed by atoms with Crippen LogP contribution < -0.4 is 9.46 Å². The van der Waals surface area contributed by atoms with Crippen molar-refractivity contribution in [3.05, 3.63) is 58.1 Å². The highest BCUT2D eigenvalue weighted by atomic mass is 32.2. The van der Waals surface area contributed by atoms with Crippen LogP contribution in [0.5, 0.6) is 5.75 Å². The Kier molecular flexibility index (Phi) is 7.68. The standard InChI is InChI=1S/C30H43NO5S/c1-18(2)24(27(32)35-17-22-15-13-12-14-16-22)31-37(33,34)26-20(4)19(3)25-23(21(26)5)28(6,7)29(8,9)30(10,11)36-25/h12-16,18,24,31H,17H2,1-11H3/t24-/m0/s1. The van der Waals surface area contributed by atoms with Gasteiger partial charge in [0.15, 0.2) is 0 Å². The lowest BCUT2D eigenvalue weighted by Gasteiger charge is -2.57. The van der Waals surface area contributed by atoms with Crippen LogP contribution in [0.15, 0.2) is 35.2 Å². The molecule has 7 heteroatoms. The summed E-state index contributed by atoms with van der Waals surface area (Å²) in [6.45, 7) is 22.0. The lowest BCUT2D eigenvalue weighted by atomic mass is 9.55. The molecule has 0 saturated heterocycles. The summed E-state index contributed by atoms with van der Waals surface area (Å²) in [7, 11) is -4.07. The third kappa shape index (κ3) is 4.92. The first-order chi connectivity index (χ1) is 16.9. The highest BCUT2D eigenvalue weighted by molar-refractivity contribution is 7.89. The molecule has 37 heavy (non-hydrogen) atoms. The van der Waals surface area contributed by atoms with Crippen molar-refractivity contribution < 1.29 is 22.7 Å². The van der Waals surface area contributed by atoms with Gasteiger partial charge in [-0.15, -0.1) is 0 Å². The molecule has 0 fully saturated rings. The van der Waals surface area contributed by atoms with E-state index in [4.69, 9.17) is 9.47 Å². The first kappa shape index (κ1) is 29.2. The maximum atomic E-state index is 13.9. The molecular formula is C30H43NO5S. The van der Waals surface area contributed by atoms with Gasteiger partial charge in [0.25, 0.3) is 0 Å². The molecule has 6 nitrogen and oxygen atoms in total. The van der Waals surface area contributed by atoms with E-state index in [2.05, 4.69) is 46.3 Å². The second-order valence-electron chi connectivity index (χ2n) is 12.2. The molecule has 0 aromatic heterocycles. The van der Waals surface area contributed by atoms with E-state index in [0.717, 1.165) is 22.4 Å². The molecule has 1 aliphatic heterocycles. The molecule has 1 aliphatic rings. The monoisotopic (exact) mass is 529 g/mol. The summed E-state index contributed by atoms with van der Waals surface area (Å²) < 4.78 is 42.7. The normalized spacial score (nSPS) is 18.6. The maximum Gasteiger partial charge on any atom is 0.324 e. The Morgan fingerprint density at radius 2 is 1.51 bits per heavy atom. The van der Waals surface area contributed by atoms with E-state index in [9.17, 15) is 13.2 Å². The number of ether oxygens (including phenoxy) is 2. The zero-order valence-corrected chi connectivity index (χ0v) is 25.0. The number of fused-ring (bicyclic) bond motifs is 1. The van der Waals surface area contributed by atoms with Crippen molar-refractivity contribution in [3.8, 4) is 5.75 Å². The van der Waals surface area contributed by atoms with Crippen LogP contribution in [0.3, 0.4) is 0 Å². The van der Waals surface area contributed by atoms with Crippen molar-refractivity contribution in [2.24, 2.45) is 11.3 Å². The van der Waals surface area contributed by atoms with Gasteiger partial charge in [0.05, 0.1) is 4.90 Å². The van der Waals surface area contributed by atoms with Crippen molar-refractivity contribution in [2.45, 2.75) is 105 Å². The molecule has 204 valence electrons. The van der Waals surface area contributed by atoms with E-state index >= 15 is 0 Å². The second kappa shape index (κ2) is 9.73. The van der Waals surface area contributed by atoms with Gasteiger partial charge in [0.1, 0.15) is 24.0 Å². The number of hydrogen-bond acceptors (Lipinski definition) is 5. The molecule has 0 saturated carbocycles. The Morgan fingerprint density at radius 3 is 2.05 bits per heavy atom. The summed E-state index contributed by atoms with van der Waals surface area (Å²) in [5.74, 6) is -0.151. The van der Waals surface area contributed by atoms with Crippen LogP contribution in [-0.4, -0.2) is 26.0 Å². The summed E-state index contributed by atoms with van der Waals surface area (Å²) in [4.78, 5) is 13.2. The second-order valence-corrected chi connectivity index (χ2v) is 13.9. The molecule has 2 aromatic carbocycles. The van der Waals surface area contributed by atoms with Crippen molar-refractivity contribution in [1.29, 1.82) is 0 Å². The average Bonchev–Trinajstić information content (AvgIpc) is 2.78. The minimum Gasteiger partial charge on any atom is -0.487 e. The van der Waals surface area contributed by atoms with E-state index in [1.54, 1.807) is 20.8 Å². The van der Waals surface area contributed by atoms with E-state index in [0.29, 0.717) is 11.1 Å². The fourth-order valence-electron chi connectivity index (χ4n) is 5.33. The summed E-state index contributed by atoms with van der Waals surface area (Å²) in [5, 5.41) is 0. The highest BCUT2D eigenvalue weighted by Crippen LogP contribution is 2.59. The molecule has 0 radical (unpaired) electrons. The Labute approximate surface area is 223 Å². The van der Waals surface area contributed by atoms with E-state index < -0.39 is 27.6 Å². The highest BCUT2D eigenvalue weighted by Gasteiger charge is 2.56. The van der Waals surface area contributed by atoms with E-state index in [1.807, 2.05) is 44.2 Å². The smallest absolute Gasteiger partial charge is 0.324 e. The van der Waals surface area contributed by atoms with Crippen LogP contribution in [0.2, 0.25) is 0 Å². The van der Waals surface area contributed by atoms with Crippen molar-refractivity contribution >= 4 is 16.0 Å². The van der Waals surface area contributed by atoms with Crippen LogP contribution >= 0.6 is 0 Å².